The second kappa shape index (κ2) is 7.51. The van der Waals surface area contributed by atoms with Crippen LogP contribution < -0.4 is 4.74 Å². The Morgan fingerprint density at radius 2 is 2.04 bits per heavy atom. The van der Waals surface area contributed by atoms with Crippen LogP contribution in [0.4, 0.5) is 0 Å². The molecule has 0 saturated carbocycles. The number of aryl methyl sites for hydroxylation is 1. The molecule has 0 aliphatic rings. The highest BCUT2D eigenvalue weighted by Gasteiger charge is 2.13. The lowest BCUT2D eigenvalue weighted by atomic mass is 9.87. The summed E-state index contributed by atoms with van der Waals surface area (Å²) >= 11 is 6.81. The van der Waals surface area contributed by atoms with Gasteiger partial charge in [0.05, 0.1) is 16.9 Å². The molecule has 0 fully saturated rings. The molecule has 6 nitrogen and oxygen atoms in total. The molecule has 0 spiro atoms. The first-order valence-electron chi connectivity index (χ1n) is 8.19. The van der Waals surface area contributed by atoms with Gasteiger partial charge in [-0.25, -0.2) is 10.1 Å². The van der Waals surface area contributed by atoms with Crippen molar-refractivity contribution in [1.82, 2.24) is 19.9 Å². The van der Waals surface area contributed by atoms with E-state index < -0.39 is 0 Å². The van der Waals surface area contributed by atoms with E-state index in [0.717, 1.165) is 16.5 Å². The van der Waals surface area contributed by atoms with Crippen LogP contribution >= 0.6 is 23.6 Å². The summed E-state index contributed by atoms with van der Waals surface area (Å²) in [6, 6.07) is 8.09. The van der Waals surface area contributed by atoms with Crippen molar-refractivity contribution in [2.45, 2.75) is 39.7 Å². The van der Waals surface area contributed by atoms with Crippen molar-refractivity contribution in [2.24, 2.45) is 5.10 Å². The van der Waals surface area contributed by atoms with Crippen molar-refractivity contribution in [3.8, 4) is 5.75 Å². The Labute approximate surface area is 161 Å². The SMILES string of the molecule is Cc1nc(/C=N\n2c(COc3ccc(C(C)(C)C)cc3)n[nH]c2=S)cs1. The van der Waals surface area contributed by atoms with Gasteiger partial charge in [-0.15, -0.1) is 11.3 Å². The van der Waals surface area contributed by atoms with Crippen LogP contribution in [0.3, 0.4) is 0 Å². The van der Waals surface area contributed by atoms with Crippen LogP contribution in [0.25, 0.3) is 0 Å². The predicted molar refractivity (Wildman–Crippen MR) is 107 cm³/mol. The van der Waals surface area contributed by atoms with Crippen molar-refractivity contribution < 1.29 is 4.74 Å². The smallest absolute Gasteiger partial charge is 0.216 e. The maximum Gasteiger partial charge on any atom is 0.216 e. The van der Waals surface area contributed by atoms with Crippen LogP contribution in [0.5, 0.6) is 5.75 Å². The third kappa shape index (κ3) is 4.44. The first-order valence-corrected chi connectivity index (χ1v) is 9.48. The molecule has 1 aromatic carbocycles. The monoisotopic (exact) mass is 387 g/mol. The molecule has 0 bridgehead atoms. The van der Waals surface area contributed by atoms with Gasteiger partial charge >= 0.3 is 0 Å². The average Bonchev–Trinajstić information content (AvgIpc) is 3.16. The highest BCUT2D eigenvalue weighted by Crippen LogP contribution is 2.24. The number of ether oxygens (including phenoxy) is 1. The summed E-state index contributed by atoms with van der Waals surface area (Å²) in [5, 5.41) is 14.2. The normalized spacial score (nSPS) is 12.0. The summed E-state index contributed by atoms with van der Waals surface area (Å²) in [6.45, 7) is 8.76. The van der Waals surface area contributed by atoms with Crippen molar-refractivity contribution in [3.05, 3.63) is 56.5 Å². The van der Waals surface area contributed by atoms with Gasteiger partial charge in [0.1, 0.15) is 12.4 Å². The number of H-pyrrole nitrogens is 1. The molecular weight excluding hydrogens is 366 g/mol. The summed E-state index contributed by atoms with van der Waals surface area (Å²) in [5.41, 5.74) is 2.17. The van der Waals surface area contributed by atoms with Gasteiger partial charge in [0, 0.05) is 5.38 Å². The van der Waals surface area contributed by atoms with E-state index in [1.54, 1.807) is 22.2 Å². The first-order chi connectivity index (χ1) is 12.3. The maximum atomic E-state index is 5.83. The number of benzene rings is 1. The number of aromatic nitrogens is 4. The van der Waals surface area contributed by atoms with E-state index in [1.165, 1.54) is 5.56 Å². The summed E-state index contributed by atoms with van der Waals surface area (Å²) in [6.07, 6.45) is 1.66. The number of hydrogen-bond acceptors (Lipinski definition) is 6. The van der Waals surface area contributed by atoms with Gasteiger partial charge in [-0.2, -0.15) is 14.9 Å². The van der Waals surface area contributed by atoms with E-state index in [2.05, 4.69) is 53.2 Å². The lowest BCUT2D eigenvalue weighted by Gasteiger charge is -2.19. The molecule has 2 aromatic heterocycles. The fraction of sp³-hybridized carbons (Fsp3) is 0.333. The number of hydrogen-bond donors (Lipinski definition) is 1. The molecule has 0 amide bonds. The third-order valence-electron chi connectivity index (χ3n) is 3.75. The molecule has 0 saturated heterocycles. The van der Waals surface area contributed by atoms with Gasteiger partial charge in [-0.1, -0.05) is 32.9 Å². The molecule has 136 valence electrons. The average molecular weight is 388 g/mol. The van der Waals surface area contributed by atoms with Gasteiger partial charge in [0.25, 0.3) is 0 Å². The van der Waals surface area contributed by atoms with E-state index >= 15 is 0 Å². The fourth-order valence-corrected chi connectivity index (χ4v) is 3.05. The third-order valence-corrected chi connectivity index (χ3v) is 4.80. The molecule has 2 heterocycles. The van der Waals surface area contributed by atoms with E-state index in [1.807, 2.05) is 24.4 Å². The molecule has 8 heteroatoms. The van der Waals surface area contributed by atoms with Crippen LogP contribution in [-0.4, -0.2) is 26.1 Å². The zero-order valence-corrected chi connectivity index (χ0v) is 16.8. The molecule has 3 rings (SSSR count). The van der Waals surface area contributed by atoms with E-state index in [4.69, 9.17) is 17.0 Å². The summed E-state index contributed by atoms with van der Waals surface area (Å²) in [4.78, 5) is 4.35. The molecule has 26 heavy (non-hydrogen) atoms. The molecule has 1 N–H and O–H groups in total. The topological polar surface area (TPSA) is 68.1 Å². The van der Waals surface area contributed by atoms with Crippen LogP contribution in [0.1, 0.15) is 42.9 Å². The standard InChI is InChI=1S/C18H21N5OS2/c1-12-20-14(11-26-12)9-19-23-16(21-22-17(23)25)10-24-15-7-5-13(6-8-15)18(2,3)4/h5-9,11H,10H2,1-4H3,(H,22,25)/b19-9-. The molecule has 0 atom stereocenters. The van der Waals surface area contributed by atoms with Crippen LogP contribution in [-0.2, 0) is 12.0 Å². The van der Waals surface area contributed by atoms with Crippen molar-refractivity contribution in [2.75, 3.05) is 0 Å². The summed E-state index contributed by atoms with van der Waals surface area (Å²) < 4.78 is 7.79. The lowest BCUT2D eigenvalue weighted by Crippen LogP contribution is -2.10. The largest absolute Gasteiger partial charge is 0.486 e. The van der Waals surface area contributed by atoms with Crippen LogP contribution in [0.2, 0.25) is 0 Å². The minimum absolute atomic E-state index is 0.115. The Balaban J connectivity index is 1.71. The van der Waals surface area contributed by atoms with E-state index in [0.29, 0.717) is 10.6 Å². The van der Waals surface area contributed by atoms with Gasteiger partial charge in [-0.3, -0.25) is 0 Å². The molecule has 0 unspecified atom stereocenters. The predicted octanol–water partition coefficient (Wildman–Crippen LogP) is 4.46. The second-order valence-electron chi connectivity index (χ2n) is 6.86. The number of aromatic amines is 1. The van der Waals surface area contributed by atoms with Gasteiger partial charge in [0.2, 0.25) is 4.77 Å². The zero-order valence-electron chi connectivity index (χ0n) is 15.2. The quantitative estimate of drug-likeness (QED) is 0.518. The number of thiazole rings is 1. The Bertz CT molecular complexity index is 961. The van der Waals surface area contributed by atoms with E-state index in [-0.39, 0.29) is 12.0 Å². The molecular formula is C18H21N5OS2. The Morgan fingerprint density at radius 3 is 2.65 bits per heavy atom. The molecule has 0 aliphatic carbocycles. The highest BCUT2D eigenvalue weighted by atomic mass is 32.1. The maximum absolute atomic E-state index is 5.83. The zero-order chi connectivity index (χ0) is 18.7. The Morgan fingerprint density at radius 1 is 1.31 bits per heavy atom. The Kier molecular flexibility index (Phi) is 5.33. The van der Waals surface area contributed by atoms with Gasteiger partial charge in [0.15, 0.2) is 5.82 Å². The van der Waals surface area contributed by atoms with Crippen molar-refractivity contribution in [1.29, 1.82) is 0 Å². The van der Waals surface area contributed by atoms with Crippen LogP contribution in [0.15, 0.2) is 34.7 Å². The summed E-state index contributed by atoms with van der Waals surface area (Å²) in [7, 11) is 0. The van der Waals surface area contributed by atoms with E-state index in [9.17, 15) is 0 Å². The molecule has 0 aliphatic heterocycles. The van der Waals surface area contributed by atoms with Gasteiger partial charge < -0.3 is 4.74 Å². The lowest BCUT2D eigenvalue weighted by molar-refractivity contribution is 0.290. The minimum atomic E-state index is 0.115. The Hall–Kier alpha value is -2.32. The number of rotatable bonds is 5. The fourth-order valence-electron chi connectivity index (χ4n) is 2.29. The number of nitrogens with one attached hydrogen (secondary N) is 1. The van der Waals surface area contributed by atoms with Crippen molar-refractivity contribution >= 4 is 29.8 Å². The van der Waals surface area contributed by atoms with Crippen LogP contribution in [0, 0.1) is 11.7 Å². The molecule has 0 radical (unpaired) electrons. The second-order valence-corrected chi connectivity index (χ2v) is 8.30. The van der Waals surface area contributed by atoms with Crippen molar-refractivity contribution in [3.63, 3.8) is 0 Å². The summed E-state index contributed by atoms with van der Waals surface area (Å²) in [5.74, 6) is 1.37. The number of nitrogens with zero attached hydrogens (tertiary/aromatic N) is 4. The highest BCUT2D eigenvalue weighted by molar-refractivity contribution is 7.71. The first kappa shape index (κ1) is 18.5. The van der Waals surface area contributed by atoms with Gasteiger partial charge in [-0.05, 0) is 42.3 Å². The minimum Gasteiger partial charge on any atom is -0.486 e. The molecule has 3 aromatic rings.